The summed E-state index contributed by atoms with van der Waals surface area (Å²) in [5.41, 5.74) is 3.55. The molecule has 0 aliphatic carbocycles. The van der Waals surface area contributed by atoms with Crippen LogP contribution in [0.25, 0.3) is 22.3 Å². The molecule has 0 fully saturated rings. The topological polar surface area (TPSA) is 69.0 Å². The highest BCUT2D eigenvalue weighted by Crippen LogP contribution is 2.26. The van der Waals surface area contributed by atoms with Gasteiger partial charge in [-0.25, -0.2) is 9.37 Å². The van der Waals surface area contributed by atoms with Gasteiger partial charge in [0.25, 0.3) is 5.91 Å². The summed E-state index contributed by atoms with van der Waals surface area (Å²) in [7, 11) is 1.81. The predicted octanol–water partition coefficient (Wildman–Crippen LogP) is 3.89. The first-order valence-corrected chi connectivity index (χ1v) is 9.59. The predicted molar refractivity (Wildman–Crippen MR) is 113 cm³/mol. The van der Waals surface area contributed by atoms with Crippen LogP contribution in [0.15, 0.2) is 60.7 Å². The highest BCUT2D eigenvalue weighted by Gasteiger charge is 2.19. The summed E-state index contributed by atoms with van der Waals surface area (Å²) in [6.45, 7) is 2.43. The summed E-state index contributed by atoms with van der Waals surface area (Å²) in [5.74, 6) is 0.00298. The molecule has 2 aromatic carbocycles. The van der Waals surface area contributed by atoms with Crippen LogP contribution in [0.2, 0.25) is 0 Å². The van der Waals surface area contributed by atoms with Crippen molar-refractivity contribution in [2.75, 3.05) is 13.2 Å². The number of ether oxygens (including phenoxy) is 1. The van der Waals surface area contributed by atoms with E-state index in [1.54, 1.807) is 22.9 Å². The maximum atomic E-state index is 13.0. The van der Waals surface area contributed by atoms with Crippen molar-refractivity contribution in [1.29, 1.82) is 0 Å². The second kappa shape index (κ2) is 8.32. The normalized spacial score (nSPS) is 10.9. The van der Waals surface area contributed by atoms with E-state index in [2.05, 4.69) is 10.4 Å². The number of halogens is 1. The van der Waals surface area contributed by atoms with Crippen molar-refractivity contribution >= 4 is 16.9 Å². The number of nitrogens with one attached hydrogen (secondary N) is 1. The molecule has 0 unspecified atom stereocenters. The standard InChI is InChI=1S/C23H21FN4O2/c1-15-21-19(23(29)25-12-13-30-18-10-8-17(24)9-11-18)14-20(16-6-4-3-5-7-16)26-22(21)28(2)27-15/h3-11,14H,12-13H2,1-2H3,(H,25,29). The highest BCUT2D eigenvalue weighted by molar-refractivity contribution is 6.07. The number of amides is 1. The van der Waals surface area contributed by atoms with Crippen molar-refractivity contribution < 1.29 is 13.9 Å². The molecule has 6 nitrogen and oxygen atoms in total. The molecule has 7 heteroatoms. The fourth-order valence-electron chi connectivity index (χ4n) is 3.34. The molecule has 0 bridgehead atoms. The molecule has 30 heavy (non-hydrogen) atoms. The second-order valence-corrected chi connectivity index (χ2v) is 6.89. The molecular weight excluding hydrogens is 383 g/mol. The lowest BCUT2D eigenvalue weighted by Gasteiger charge is -2.10. The van der Waals surface area contributed by atoms with Crippen molar-refractivity contribution in [3.05, 3.63) is 77.7 Å². The van der Waals surface area contributed by atoms with Crippen LogP contribution >= 0.6 is 0 Å². The Kier molecular flexibility index (Phi) is 5.43. The van der Waals surface area contributed by atoms with Crippen LogP contribution in [0.5, 0.6) is 5.75 Å². The van der Waals surface area contributed by atoms with Gasteiger partial charge < -0.3 is 10.1 Å². The number of hydrogen-bond acceptors (Lipinski definition) is 4. The van der Waals surface area contributed by atoms with Crippen molar-refractivity contribution in [3.63, 3.8) is 0 Å². The van der Waals surface area contributed by atoms with Crippen LogP contribution in [0.1, 0.15) is 16.1 Å². The average molecular weight is 404 g/mol. The molecule has 4 aromatic rings. The van der Waals surface area contributed by atoms with E-state index < -0.39 is 0 Å². The fourth-order valence-corrected chi connectivity index (χ4v) is 3.34. The Morgan fingerprint density at radius 1 is 1.13 bits per heavy atom. The Morgan fingerprint density at radius 3 is 2.60 bits per heavy atom. The number of aryl methyl sites for hydroxylation is 2. The molecule has 2 aromatic heterocycles. The van der Waals surface area contributed by atoms with E-state index in [1.165, 1.54) is 12.1 Å². The quantitative estimate of drug-likeness (QED) is 0.495. The number of carbonyl (C=O) groups is 1. The average Bonchev–Trinajstić information content (AvgIpc) is 3.06. The summed E-state index contributed by atoms with van der Waals surface area (Å²) in [6.07, 6.45) is 0. The lowest BCUT2D eigenvalue weighted by Crippen LogP contribution is -2.28. The van der Waals surface area contributed by atoms with Crippen LogP contribution in [0.4, 0.5) is 4.39 Å². The van der Waals surface area contributed by atoms with Crippen LogP contribution in [0, 0.1) is 12.7 Å². The van der Waals surface area contributed by atoms with Gasteiger partial charge in [-0.05, 0) is 37.3 Å². The van der Waals surface area contributed by atoms with Crippen molar-refractivity contribution in [2.45, 2.75) is 6.92 Å². The van der Waals surface area contributed by atoms with E-state index in [1.807, 2.05) is 44.3 Å². The molecule has 1 N–H and O–H groups in total. The molecule has 0 saturated carbocycles. The van der Waals surface area contributed by atoms with Crippen LogP contribution in [-0.4, -0.2) is 33.8 Å². The molecule has 0 atom stereocenters. The number of hydrogen-bond donors (Lipinski definition) is 1. The minimum absolute atomic E-state index is 0.224. The summed E-state index contributed by atoms with van der Waals surface area (Å²) in [4.78, 5) is 17.7. The molecule has 0 saturated heterocycles. The first-order valence-electron chi connectivity index (χ1n) is 9.59. The Morgan fingerprint density at radius 2 is 1.87 bits per heavy atom. The monoisotopic (exact) mass is 404 g/mol. The van der Waals surface area contributed by atoms with E-state index >= 15 is 0 Å². The Hall–Kier alpha value is -3.74. The van der Waals surface area contributed by atoms with Gasteiger partial charge in [0.15, 0.2) is 5.65 Å². The first-order chi connectivity index (χ1) is 14.5. The zero-order valence-corrected chi connectivity index (χ0v) is 16.7. The Balaban J connectivity index is 1.55. The first kappa shape index (κ1) is 19.6. The van der Waals surface area contributed by atoms with Gasteiger partial charge >= 0.3 is 0 Å². The fraction of sp³-hybridized carbons (Fsp3) is 0.174. The largest absolute Gasteiger partial charge is 0.492 e. The summed E-state index contributed by atoms with van der Waals surface area (Å²) >= 11 is 0. The third-order valence-electron chi connectivity index (χ3n) is 4.75. The third kappa shape index (κ3) is 4.00. The zero-order chi connectivity index (χ0) is 21.1. The second-order valence-electron chi connectivity index (χ2n) is 6.89. The molecule has 1 amide bonds. The summed E-state index contributed by atoms with van der Waals surface area (Å²) in [5, 5.41) is 8.05. The minimum Gasteiger partial charge on any atom is -0.492 e. The number of rotatable bonds is 6. The van der Waals surface area contributed by atoms with E-state index in [0.717, 1.165) is 16.6 Å². The molecule has 2 heterocycles. The summed E-state index contributed by atoms with van der Waals surface area (Å²) in [6, 6.07) is 17.3. The van der Waals surface area contributed by atoms with Crippen molar-refractivity contribution in [1.82, 2.24) is 20.1 Å². The van der Waals surface area contributed by atoms with Gasteiger partial charge in [-0.3, -0.25) is 9.48 Å². The lowest BCUT2D eigenvalue weighted by atomic mass is 10.0. The van der Waals surface area contributed by atoms with Crippen molar-refractivity contribution in [3.8, 4) is 17.0 Å². The van der Waals surface area contributed by atoms with Crippen LogP contribution in [0.3, 0.4) is 0 Å². The maximum Gasteiger partial charge on any atom is 0.252 e. The molecule has 0 aliphatic rings. The van der Waals surface area contributed by atoms with Gasteiger partial charge in [-0.2, -0.15) is 5.10 Å². The molecule has 0 aliphatic heterocycles. The number of aromatic nitrogens is 3. The van der Waals surface area contributed by atoms with Gasteiger partial charge in [-0.15, -0.1) is 0 Å². The highest BCUT2D eigenvalue weighted by atomic mass is 19.1. The van der Waals surface area contributed by atoms with Crippen LogP contribution < -0.4 is 10.1 Å². The number of benzene rings is 2. The van der Waals surface area contributed by atoms with E-state index in [0.29, 0.717) is 29.2 Å². The third-order valence-corrected chi connectivity index (χ3v) is 4.75. The van der Waals surface area contributed by atoms with E-state index in [9.17, 15) is 9.18 Å². The maximum absolute atomic E-state index is 13.0. The van der Waals surface area contributed by atoms with Gasteiger partial charge in [-0.1, -0.05) is 30.3 Å². The number of carbonyl (C=O) groups excluding carboxylic acids is 1. The Bertz CT molecular complexity index is 1190. The van der Waals surface area contributed by atoms with E-state index in [4.69, 9.17) is 9.72 Å². The molecule has 4 rings (SSSR count). The van der Waals surface area contributed by atoms with Crippen LogP contribution in [-0.2, 0) is 7.05 Å². The molecule has 0 radical (unpaired) electrons. The van der Waals surface area contributed by atoms with E-state index in [-0.39, 0.29) is 18.3 Å². The zero-order valence-electron chi connectivity index (χ0n) is 16.7. The minimum atomic E-state index is -0.321. The number of pyridine rings is 1. The smallest absolute Gasteiger partial charge is 0.252 e. The SMILES string of the molecule is Cc1nn(C)c2nc(-c3ccccc3)cc(C(=O)NCCOc3ccc(F)cc3)c12. The van der Waals surface area contributed by atoms with Gasteiger partial charge in [0.05, 0.1) is 28.9 Å². The van der Waals surface area contributed by atoms with Crippen molar-refractivity contribution in [2.24, 2.45) is 7.05 Å². The lowest BCUT2D eigenvalue weighted by molar-refractivity contribution is 0.0948. The molecular formula is C23H21FN4O2. The van der Waals surface area contributed by atoms with Gasteiger partial charge in [0.2, 0.25) is 0 Å². The van der Waals surface area contributed by atoms with Gasteiger partial charge in [0.1, 0.15) is 18.2 Å². The van der Waals surface area contributed by atoms with Gasteiger partial charge in [0, 0.05) is 12.6 Å². The molecule has 152 valence electrons. The molecule has 0 spiro atoms. The Labute approximate surface area is 173 Å². The summed E-state index contributed by atoms with van der Waals surface area (Å²) < 4.78 is 20.2. The number of fused-ring (bicyclic) bond motifs is 1. The number of nitrogens with zero attached hydrogens (tertiary/aromatic N) is 3.